The minimum Gasteiger partial charge on any atom is -0.374 e. The molecule has 102 valence electrons. The van der Waals surface area contributed by atoms with Crippen LogP contribution in [0.25, 0.3) is 9.88 Å². The summed E-state index contributed by atoms with van der Waals surface area (Å²) in [6, 6.07) is 0. The van der Waals surface area contributed by atoms with E-state index in [-0.39, 0.29) is 0 Å². The van der Waals surface area contributed by atoms with Crippen LogP contribution in [-0.4, -0.2) is 40.7 Å². The highest BCUT2D eigenvalue weighted by Gasteiger charge is 2.31. The molecule has 0 radical (unpaired) electrons. The number of nitrogens with zero attached hydrogens (tertiary/aromatic N) is 4. The van der Waals surface area contributed by atoms with Gasteiger partial charge < -0.3 is 10.6 Å². The van der Waals surface area contributed by atoms with Crippen LogP contribution in [-0.2, 0) is 6.42 Å². The Bertz CT molecular complexity index is 570. The standard InChI is InChI=1S/C12H17N5S2/c1-17(2)6-5-8-14-9(7-3-4-7)10(18-8)11-15-16-12(13)19-11/h7H,3-6H2,1-2H3,(H2,13,16). The Kier molecular flexibility index (Phi) is 3.51. The van der Waals surface area contributed by atoms with E-state index in [1.807, 2.05) is 0 Å². The molecule has 0 unspecified atom stereocenters. The van der Waals surface area contributed by atoms with Crippen molar-refractivity contribution in [3.05, 3.63) is 10.7 Å². The minimum absolute atomic E-state index is 0.528. The van der Waals surface area contributed by atoms with Crippen molar-refractivity contribution in [2.75, 3.05) is 26.4 Å². The average Bonchev–Trinajstić information content (AvgIpc) is 2.98. The van der Waals surface area contributed by atoms with Gasteiger partial charge in [-0.15, -0.1) is 21.5 Å². The van der Waals surface area contributed by atoms with Crippen molar-refractivity contribution in [2.45, 2.75) is 25.2 Å². The van der Waals surface area contributed by atoms with Gasteiger partial charge >= 0.3 is 0 Å². The summed E-state index contributed by atoms with van der Waals surface area (Å²) in [4.78, 5) is 8.19. The second kappa shape index (κ2) is 5.15. The van der Waals surface area contributed by atoms with Gasteiger partial charge in [0.25, 0.3) is 0 Å². The Morgan fingerprint density at radius 2 is 2.05 bits per heavy atom. The van der Waals surface area contributed by atoms with Crippen molar-refractivity contribution in [3.8, 4) is 9.88 Å². The van der Waals surface area contributed by atoms with Crippen molar-refractivity contribution in [2.24, 2.45) is 0 Å². The summed E-state index contributed by atoms with van der Waals surface area (Å²) in [5.41, 5.74) is 6.90. The Labute approximate surface area is 120 Å². The Balaban J connectivity index is 1.89. The number of likely N-dealkylation sites (N-methyl/N-ethyl adjacent to an activating group) is 1. The van der Waals surface area contributed by atoms with Gasteiger partial charge in [-0.3, -0.25) is 0 Å². The first-order chi connectivity index (χ1) is 9.13. The molecule has 2 heterocycles. The SMILES string of the molecule is CN(C)CCc1nc(C2CC2)c(-c2nnc(N)s2)s1. The molecular formula is C12H17N5S2. The fourth-order valence-electron chi connectivity index (χ4n) is 1.92. The summed E-state index contributed by atoms with van der Waals surface area (Å²) in [5, 5.41) is 10.7. The van der Waals surface area contributed by atoms with E-state index in [9.17, 15) is 0 Å². The summed E-state index contributed by atoms with van der Waals surface area (Å²) >= 11 is 3.20. The van der Waals surface area contributed by atoms with Crippen molar-refractivity contribution < 1.29 is 0 Å². The van der Waals surface area contributed by atoms with Crippen LogP contribution < -0.4 is 5.73 Å². The first-order valence-corrected chi connectivity index (χ1v) is 8.00. The van der Waals surface area contributed by atoms with E-state index in [2.05, 4.69) is 29.2 Å². The van der Waals surface area contributed by atoms with Gasteiger partial charge in [-0.05, 0) is 26.9 Å². The topological polar surface area (TPSA) is 67.9 Å². The number of hydrogen-bond acceptors (Lipinski definition) is 7. The number of rotatable bonds is 5. The zero-order valence-corrected chi connectivity index (χ0v) is 12.7. The molecule has 0 amide bonds. The van der Waals surface area contributed by atoms with Gasteiger partial charge in [0, 0.05) is 18.9 Å². The van der Waals surface area contributed by atoms with E-state index in [1.165, 1.54) is 39.8 Å². The van der Waals surface area contributed by atoms with Crippen LogP contribution in [0.3, 0.4) is 0 Å². The van der Waals surface area contributed by atoms with Gasteiger partial charge in [0.15, 0.2) is 5.01 Å². The van der Waals surface area contributed by atoms with E-state index in [1.54, 1.807) is 11.3 Å². The molecule has 7 heteroatoms. The van der Waals surface area contributed by atoms with Crippen molar-refractivity contribution in [1.82, 2.24) is 20.1 Å². The van der Waals surface area contributed by atoms with E-state index >= 15 is 0 Å². The van der Waals surface area contributed by atoms with Crippen LogP contribution in [0.2, 0.25) is 0 Å². The molecule has 1 aliphatic rings. The fourth-order valence-corrected chi connectivity index (χ4v) is 3.74. The molecule has 0 atom stereocenters. The molecular weight excluding hydrogens is 278 g/mol. The second-order valence-corrected chi connectivity index (χ2v) is 7.19. The summed E-state index contributed by atoms with van der Waals surface area (Å²) in [6.07, 6.45) is 3.49. The normalized spacial score (nSPS) is 15.3. The van der Waals surface area contributed by atoms with Crippen LogP contribution in [0.5, 0.6) is 0 Å². The quantitative estimate of drug-likeness (QED) is 0.916. The number of thiazole rings is 1. The minimum atomic E-state index is 0.528. The molecule has 1 saturated carbocycles. The van der Waals surface area contributed by atoms with Gasteiger partial charge in [-0.2, -0.15) is 0 Å². The molecule has 5 nitrogen and oxygen atoms in total. The molecule has 0 aromatic carbocycles. The Hall–Kier alpha value is -1.05. The lowest BCUT2D eigenvalue weighted by molar-refractivity contribution is 0.413. The third-order valence-electron chi connectivity index (χ3n) is 3.07. The highest BCUT2D eigenvalue weighted by molar-refractivity contribution is 7.23. The molecule has 0 aliphatic heterocycles. The molecule has 1 aliphatic carbocycles. The molecule has 2 N–H and O–H groups in total. The van der Waals surface area contributed by atoms with Crippen molar-refractivity contribution in [1.29, 1.82) is 0 Å². The third-order valence-corrected chi connectivity index (χ3v) is 5.11. The fraction of sp³-hybridized carbons (Fsp3) is 0.583. The molecule has 19 heavy (non-hydrogen) atoms. The van der Waals surface area contributed by atoms with Gasteiger partial charge in [0.1, 0.15) is 0 Å². The maximum Gasteiger partial charge on any atom is 0.203 e. The second-order valence-electron chi connectivity index (χ2n) is 5.09. The number of hydrogen-bond donors (Lipinski definition) is 1. The monoisotopic (exact) mass is 295 g/mol. The van der Waals surface area contributed by atoms with Crippen LogP contribution in [0.1, 0.15) is 29.5 Å². The number of nitrogens with two attached hydrogens (primary N) is 1. The van der Waals surface area contributed by atoms with Crippen LogP contribution >= 0.6 is 22.7 Å². The average molecular weight is 295 g/mol. The maximum atomic E-state index is 5.69. The highest BCUT2D eigenvalue weighted by Crippen LogP contribution is 2.46. The molecule has 0 bridgehead atoms. The molecule has 3 rings (SSSR count). The Morgan fingerprint density at radius 3 is 2.63 bits per heavy atom. The predicted octanol–water partition coefficient (Wildman–Crippen LogP) is 2.23. The van der Waals surface area contributed by atoms with Gasteiger partial charge in [0.2, 0.25) is 5.13 Å². The van der Waals surface area contributed by atoms with E-state index < -0.39 is 0 Å². The first-order valence-electron chi connectivity index (χ1n) is 6.37. The smallest absolute Gasteiger partial charge is 0.203 e. The van der Waals surface area contributed by atoms with E-state index in [0.29, 0.717) is 11.0 Å². The number of nitrogen functional groups attached to an aromatic ring is 1. The predicted molar refractivity (Wildman–Crippen MR) is 79.7 cm³/mol. The zero-order chi connectivity index (χ0) is 13.4. The summed E-state index contributed by atoms with van der Waals surface area (Å²) < 4.78 is 0. The lowest BCUT2D eigenvalue weighted by atomic mass is 10.2. The molecule has 2 aromatic heterocycles. The number of aromatic nitrogens is 3. The van der Waals surface area contributed by atoms with Crippen LogP contribution in [0, 0.1) is 0 Å². The van der Waals surface area contributed by atoms with Crippen molar-refractivity contribution >= 4 is 27.8 Å². The molecule has 0 saturated heterocycles. The molecule has 2 aromatic rings. The highest BCUT2D eigenvalue weighted by atomic mass is 32.1. The molecule has 1 fully saturated rings. The lowest BCUT2D eigenvalue weighted by Crippen LogP contribution is -2.14. The number of anilines is 1. The summed E-state index contributed by atoms with van der Waals surface area (Å²) in [6.45, 7) is 1.02. The van der Waals surface area contributed by atoms with E-state index in [4.69, 9.17) is 10.7 Å². The van der Waals surface area contributed by atoms with Gasteiger partial charge in [-0.1, -0.05) is 11.3 Å². The van der Waals surface area contributed by atoms with Crippen LogP contribution in [0.15, 0.2) is 0 Å². The lowest BCUT2D eigenvalue weighted by Gasteiger charge is -2.06. The largest absolute Gasteiger partial charge is 0.374 e. The summed E-state index contributed by atoms with van der Waals surface area (Å²) in [5.74, 6) is 0.629. The van der Waals surface area contributed by atoms with Crippen LogP contribution in [0.4, 0.5) is 5.13 Å². The van der Waals surface area contributed by atoms with Crippen molar-refractivity contribution in [3.63, 3.8) is 0 Å². The van der Waals surface area contributed by atoms with Gasteiger partial charge in [-0.25, -0.2) is 4.98 Å². The van der Waals surface area contributed by atoms with Gasteiger partial charge in [0.05, 0.1) is 15.6 Å². The summed E-state index contributed by atoms with van der Waals surface area (Å²) in [7, 11) is 4.17. The molecule has 0 spiro atoms. The zero-order valence-electron chi connectivity index (χ0n) is 11.1. The maximum absolute atomic E-state index is 5.69. The van der Waals surface area contributed by atoms with E-state index in [0.717, 1.165) is 18.0 Å². The first kappa shape index (κ1) is 13.0. The Morgan fingerprint density at radius 1 is 1.26 bits per heavy atom. The third kappa shape index (κ3) is 2.93.